The Bertz CT molecular complexity index is 489. The number of aromatic nitrogens is 1. The molecule has 2 aromatic rings. The summed E-state index contributed by atoms with van der Waals surface area (Å²) < 4.78 is 10.7. The molecule has 2 rings (SSSR count). The Morgan fingerprint density at radius 2 is 2.00 bits per heavy atom. The van der Waals surface area contributed by atoms with Crippen molar-refractivity contribution in [2.75, 3.05) is 20.3 Å². The summed E-state index contributed by atoms with van der Waals surface area (Å²) in [6, 6.07) is 13.7. The van der Waals surface area contributed by atoms with Crippen molar-refractivity contribution in [3.8, 4) is 11.6 Å². The third-order valence-electron chi connectivity index (χ3n) is 2.63. The van der Waals surface area contributed by atoms with Crippen molar-refractivity contribution in [3.05, 3.63) is 54.2 Å². The average molecular weight is 258 g/mol. The van der Waals surface area contributed by atoms with Gasteiger partial charge >= 0.3 is 0 Å². The predicted molar refractivity (Wildman–Crippen MR) is 74.4 cm³/mol. The van der Waals surface area contributed by atoms with Crippen LogP contribution in [-0.2, 0) is 6.54 Å². The third-order valence-corrected chi connectivity index (χ3v) is 2.63. The quantitative estimate of drug-likeness (QED) is 0.774. The maximum atomic E-state index is 5.59. The number of ether oxygens (including phenoxy) is 2. The number of pyridine rings is 1. The zero-order valence-corrected chi connectivity index (χ0v) is 11.0. The molecule has 0 spiro atoms. The number of methoxy groups -OCH3 is 1. The number of rotatable bonds is 7. The minimum atomic E-state index is 0.639. The van der Waals surface area contributed by atoms with Crippen LogP contribution in [0.15, 0.2) is 48.7 Å². The summed E-state index contributed by atoms with van der Waals surface area (Å²) in [4.78, 5) is 4.07. The van der Waals surface area contributed by atoms with E-state index in [-0.39, 0.29) is 0 Å². The van der Waals surface area contributed by atoms with Crippen LogP contribution in [0.25, 0.3) is 0 Å². The van der Waals surface area contributed by atoms with Crippen LogP contribution in [0.3, 0.4) is 0 Å². The average Bonchev–Trinajstić information content (AvgIpc) is 2.48. The van der Waals surface area contributed by atoms with Gasteiger partial charge in [-0.25, -0.2) is 4.98 Å². The van der Waals surface area contributed by atoms with Crippen molar-refractivity contribution < 1.29 is 9.47 Å². The standard InChI is InChI=1S/C15H18N2O2/c1-18-15-11-13(7-8-17-15)12-16-9-10-19-14-5-3-2-4-6-14/h2-8,11,16H,9-10,12H2,1H3. The van der Waals surface area contributed by atoms with Crippen LogP contribution >= 0.6 is 0 Å². The van der Waals surface area contributed by atoms with Crippen LogP contribution in [-0.4, -0.2) is 25.2 Å². The van der Waals surface area contributed by atoms with Gasteiger partial charge in [0, 0.05) is 25.4 Å². The maximum absolute atomic E-state index is 5.59. The molecule has 0 aliphatic heterocycles. The van der Waals surface area contributed by atoms with Gasteiger partial charge in [-0.2, -0.15) is 0 Å². The third kappa shape index (κ3) is 4.60. The molecule has 4 heteroatoms. The largest absolute Gasteiger partial charge is 0.492 e. The van der Waals surface area contributed by atoms with Crippen molar-refractivity contribution in [1.29, 1.82) is 0 Å². The van der Waals surface area contributed by atoms with Gasteiger partial charge in [-0.1, -0.05) is 18.2 Å². The van der Waals surface area contributed by atoms with Crippen LogP contribution < -0.4 is 14.8 Å². The molecular formula is C15H18N2O2. The Morgan fingerprint density at radius 1 is 1.16 bits per heavy atom. The Labute approximate surface area is 113 Å². The van der Waals surface area contributed by atoms with Crippen molar-refractivity contribution in [3.63, 3.8) is 0 Å². The van der Waals surface area contributed by atoms with Crippen LogP contribution in [0.5, 0.6) is 11.6 Å². The van der Waals surface area contributed by atoms with Crippen molar-refractivity contribution >= 4 is 0 Å². The molecule has 0 fully saturated rings. The minimum absolute atomic E-state index is 0.639. The Kier molecular flexibility index (Phi) is 5.19. The summed E-state index contributed by atoms with van der Waals surface area (Å²) in [5.41, 5.74) is 1.14. The normalized spacial score (nSPS) is 10.2. The molecule has 19 heavy (non-hydrogen) atoms. The van der Waals surface area contributed by atoms with E-state index in [4.69, 9.17) is 9.47 Å². The van der Waals surface area contributed by atoms with Crippen LogP contribution in [0.4, 0.5) is 0 Å². The van der Waals surface area contributed by atoms with E-state index in [1.165, 1.54) is 0 Å². The zero-order chi connectivity index (χ0) is 13.3. The van der Waals surface area contributed by atoms with Gasteiger partial charge in [0.2, 0.25) is 5.88 Å². The number of nitrogens with zero attached hydrogens (tertiary/aromatic N) is 1. The topological polar surface area (TPSA) is 43.4 Å². The summed E-state index contributed by atoms with van der Waals surface area (Å²) in [5, 5.41) is 3.31. The first-order valence-corrected chi connectivity index (χ1v) is 6.26. The molecule has 0 bridgehead atoms. The van der Waals surface area contributed by atoms with Crippen LogP contribution in [0, 0.1) is 0 Å². The summed E-state index contributed by atoms with van der Waals surface area (Å²) in [6.45, 7) is 2.21. The fourth-order valence-corrected chi connectivity index (χ4v) is 1.66. The maximum Gasteiger partial charge on any atom is 0.213 e. The molecule has 100 valence electrons. The van der Waals surface area contributed by atoms with Gasteiger partial charge < -0.3 is 14.8 Å². The number of hydrogen-bond donors (Lipinski definition) is 1. The SMILES string of the molecule is COc1cc(CNCCOc2ccccc2)ccn1. The summed E-state index contributed by atoms with van der Waals surface area (Å²) in [5.74, 6) is 1.54. The van der Waals surface area contributed by atoms with Gasteiger partial charge in [-0.3, -0.25) is 0 Å². The molecule has 0 atom stereocenters. The molecule has 1 heterocycles. The van der Waals surface area contributed by atoms with Gasteiger partial charge in [-0.05, 0) is 23.8 Å². The van der Waals surface area contributed by atoms with Gasteiger partial charge in [0.05, 0.1) is 7.11 Å². The molecule has 1 N–H and O–H groups in total. The molecule has 1 aromatic carbocycles. The zero-order valence-electron chi connectivity index (χ0n) is 11.0. The molecule has 0 aliphatic carbocycles. The molecule has 4 nitrogen and oxygen atoms in total. The second kappa shape index (κ2) is 7.38. The van der Waals surface area contributed by atoms with Gasteiger partial charge in [0.25, 0.3) is 0 Å². The highest BCUT2D eigenvalue weighted by Gasteiger charge is 1.97. The van der Waals surface area contributed by atoms with Gasteiger partial charge in [0.15, 0.2) is 0 Å². The lowest BCUT2D eigenvalue weighted by atomic mass is 10.2. The monoisotopic (exact) mass is 258 g/mol. The lowest BCUT2D eigenvalue weighted by Crippen LogP contribution is -2.20. The first-order valence-electron chi connectivity index (χ1n) is 6.26. The van der Waals surface area contributed by atoms with E-state index in [9.17, 15) is 0 Å². The predicted octanol–water partition coefficient (Wildman–Crippen LogP) is 2.26. The number of hydrogen-bond acceptors (Lipinski definition) is 4. The molecule has 0 radical (unpaired) electrons. The molecule has 0 saturated heterocycles. The van der Waals surface area contributed by atoms with Crippen molar-refractivity contribution in [2.45, 2.75) is 6.54 Å². The highest BCUT2D eigenvalue weighted by atomic mass is 16.5. The molecule has 0 unspecified atom stereocenters. The summed E-state index contributed by atoms with van der Waals surface area (Å²) in [7, 11) is 1.62. The van der Waals surface area contributed by atoms with E-state index in [1.807, 2.05) is 42.5 Å². The molecule has 0 amide bonds. The van der Waals surface area contributed by atoms with E-state index in [0.29, 0.717) is 12.5 Å². The molecule has 0 aliphatic rings. The smallest absolute Gasteiger partial charge is 0.213 e. The van der Waals surface area contributed by atoms with E-state index in [1.54, 1.807) is 13.3 Å². The Balaban J connectivity index is 1.66. The molecule has 0 saturated carbocycles. The van der Waals surface area contributed by atoms with Gasteiger partial charge in [0.1, 0.15) is 12.4 Å². The van der Waals surface area contributed by atoms with Crippen molar-refractivity contribution in [1.82, 2.24) is 10.3 Å². The second-order valence-electron chi connectivity index (χ2n) is 4.04. The summed E-state index contributed by atoms with van der Waals surface area (Å²) in [6.07, 6.45) is 1.75. The van der Waals surface area contributed by atoms with E-state index in [0.717, 1.165) is 24.4 Å². The number of para-hydroxylation sites is 1. The Morgan fingerprint density at radius 3 is 2.79 bits per heavy atom. The lowest BCUT2D eigenvalue weighted by Gasteiger charge is -2.08. The molecular weight excluding hydrogens is 240 g/mol. The highest BCUT2D eigenvalue weighted by Crippen LogP contribution is 2.08. The van der Waals surface area contributed by atoms with E-state index >= 15 is 0 Å². The first kappa shape index (κ1) is 13.4. The van der Waals surface area contributed by atoms with E-state index < -0.39 is 0 Å². The number of nitrogens with one attached hydrogen (secondary N) is 1. The van der Waals surface area contributed by atoms with Crippen molar-refractivity contribution in [2.24, 2.45) is 0 Å². The fourth-order valence-electron chi connectivity index (χ4n) is 1.66. The first-order chi connectivity index (χ1) is 9.38. The van der Waals surface area contributed by atoms with E-state index in [2.05, 4.69) is 10.3 Å². The fraction of sp³-hybridized carbons (Fsp3) is 0.267. The minimum Gasteiger partial charge on any atom is -0.492 e. The molecule has 1 aromatic heterocycles. The van der Waals surface area contributed by atoms with Crippen LogP contribution in [0.1, 0.15) is 5.56 Å². The summed E-state index contributed by atoms with van der Waals surface area (Å²) >= 11 is 0. The lowest BCUT2D eigenvalue weighted by molar-refractivity contribution is 0.313. The van der Waals surface area contributed by atoms with Gasteiger partial charge in [-0.15, -0.1) is 0 Å². The highest BCUT2D eigenvalue weighted by molar-refractivity contribution is 5.21. The van der Waals surface area contributed by atoms with Crippen LogP contribution in [0.2, 0.25) is 0 Å². The second-order valence-corrected chi connectivity index (χ2v) is 4.04. The Hall–Kier alpha value is -2.07. The number of benzene rings is 1.